The molecule has 0 heterocycles. The molecule has 0 bridgehead atoms. The minimum atomic E-state index is -0.537. The van der Waals surface area contributed by atoms with Gasteiger partial charge in [0, 0.05) is 11.3 Å². The molecule has 0 unspecified atom stereocenters. The molecule has 5 heteroatoms. The van der Waals surface area contributed by atoms with Crippen LogP contribution < -0.4 is 11.1 Å². The average Bonchev–Trinajstić information content (AvgIpc) is 2.46. The van der Waals surface area contributed by atoms with Gasteiger partial charge in [-0.1, -0.05) is 17.9 Å². The van der Waals surface area contributed by atoms with Gasteiger partial charge < -0.3 is 16.2 Å². The van der Waals surface area contributed by atoms with Gasteiger partial charge in [-0.25, -0.2) is 4.39 Å². The Labute approximate surface area is 121 Å². The molecule has 2 rings (SSSR count). The van der Waals surface area contributed by atoms with Crippen molar-refractivity contribution in [1.82, 2.24) is 0 Å². The lowest BCUT2D eigenvalue weighted by Crippen LogP contribution is -2.11. The van der Waals surface area contributed by atoms with Crippen molar-refractivity contribution in [3.8, 4) is 17.6 Å². The van der Waals surface area contributed by atoms with Crippen LogP contribution in [0.3, 0.4) is 0 Å². The average molecular weight is 284 g/mol. The van der Waals surface area contributed by atoms with Gasteiger partial charge in [-0.15, -0.1) is 0 Å². The highest BCUT2D eigenvalue weighted by atomic mass is 19.1. The highest BCUT2D eigenvalue weighted by Crippen LogP contribution is 2.16. The quantitative estimate of drug-likeness (QED) is 0.739. The van der Waals surface area contributed by atoms with Crippen LogP contribution in [0.2, 0.25) is 0 Å². The molecule has 0 aliphatic heterocycles. The van der Waals surface area contributed by atoms with Gasteiger partial charge in [0.2, 0.25) is 0 Å². The van der Waals surface area contributed by atoms with Gasteiger partial charge >= 0.3 is 0 Å². The molecule has 0 aliphatic carbocycles. The molecule has 1 amide bonds. The molecule has 106 valence electrons. The van der Waals surface area contributed by atoms with Gasteiger partial charge in [-0.2, -0.15) is 0 Å². The predicted octanol–water partition coefficient (Wildman–Crippen LogP) is 2.09. The third-order valence-corrected chi connectivity index (χ3v) is 2.66. The Bertz CT molecular complexity index is 733. The number of hydrogen-bond donors (Lipinski definition) is 3. The Balaban J connectivity index is 2.17. The maximum Gasteiger partial charge on any atom is 0.255 e. The van der Waals surface area contributed by atoms with Gasteiger partial charge in [0.25, 0.3) is 5.91 Å². The first-order valence-corrected chi connectivity index (χ1v) is 6.19. The smallest absolute Gasteiger partial charge is 0.255 e. The first-order chi connectivity index (χ1) is 10.1. The van der Waals surface area contributed by atoms with Crippen molar-refractivity contribution in [2.24, 2.45) is 5.73 Å². The van der Waals surface area contributed by atoms with Gasteiger partial charge in [0.15, 0.2) is 0 Å². The first kappa shape index (κ1) is 14.6. The van der Waals surface area contributed by atoms with E-state index < -0.39 is 11.7 Å². The minimum Gasteiger partial charge on any atom is -0.508 e. The van der Waals surface area contributed by atoms with Crippen molar-refractivity contribution < 1.29 is 14.3 Å². The van der Waals surface area contributed by atoms with Crippen molar-refractivity contribution in [3.63, 3.8) is 0 Å². The van der Waals surface area contributed by atoms with Crippen LogP contribution in [-0.4, -0.2) is 17.6 Å². The molecule has 21 heavy (non-hydrogen) atoms. The Morgan fingerprint density at radius 1 is 1.29 bits per heavy atom. The number of hydrogen-bond acceptors (Lipinski definition) is 3. The topological polar surface area (TPSA) is 75.3 Å². The molecule has 0 radical (unpaired) electrons. The standard InChI is InChI=1S/C16H13FN2O2/c17-15-10-13(7-6-11(15)4-2-8-18)19-16(21)12-3-1-5-14(20)9-12/h1,3,5-7,9-10,20H,8,18H2,(H,19,21). The summed E-state index contributed by atoms with van der Waals surface area (Å²) in [7, 11) is 0. The lowest BCUT2D eigenvalue weighted by Gasteiger charge is -2.06. The van der Waals surface area contributed by atoms with Crippen LogP contribution in [0.4, 0.5) is 10.1 Å². The second-order valence-electron chi connectivity index (χ2n) is 4.20. The molecule has 0 saturated heterocycles. The lowest BCUT2D eigenvalue weighted by molar-refractivity contribution is 0.102. The van der Waals surface area contributed by atoms with E-state index in [1.165, 1.54) is 24.3 Å². The zero-order chi connectivity index (χ0) is 15.2. The fourth-order valence-corrected chi connectivity index (χ4v) is 1.69. The Hall–Kier alpha value is -2.84. The van der Waals surface area contributed by atoms with Crippen LogP contribution in [0, 0.1) is 17.7 Å². The van der Waals surface area contributed by atoms with Gasteiger partial charge in [0.05, 0.1) is 12.1 Å². The number of phenols is 1. The molecule has 0 aliphatic rings. The van der Waals surface area contributed by atoms with E-state index in [0.717, 1.165) is 0 Å². The number of rotatable bonds is 2. The number of anilines is 1. The highest BCUT2D eigenvalue weighted by Gasteiger charge is 2.08. The molecular weight excluding hydrogens is 271 g/mol. The number of phenolic OH excluding ortho intramolecular Hbond substituents is 1. The summed E-state index contributed by atoms with van der Waals surface area (Å²) in [6.45, 7) is 0.148. The monoisotopic (exact) mass is 284 g/mol. The van der Waals surface area contributed by atoms with E-state index in [9.17, 15) is 14.3 Å². The summed E-state index contributed by atoms with van der Waals surface area (Å²) < 4.78 is 13.8. The van der Waals surface area contributed by atoms with E-state index >= 15 is 0 Å². The maximum atomic E-state index is 13.8. The second-order valence-corrected chi connectivity index (χ2v) is 4.20. The molecule has 4 nitrogen and oxygen atoms in total. The molecule has 0 saturated carbocycles. The van der Waals surface area contributed by atoms with E-state index in [0.29, 0.717) is 5.69 Å². The number of nitrogens with one attached hydrogen (secondary N) is 1. The fraction of sp³-hybridized carbons (Fsp3) is 0.0625. The number of carbonyl (C=O) groups is 1. The van der Waals surface area contributed by atoms with Crippen LogP contribution >= 0.6 is 0 Å². The molecule has 0 aromatic heterocycles. The molecule has 0 atom stereocenters. The number of carbonyl (C=O) groups excluding carboxylic acids is 1. The molecule has 2 aromatic carbocycles. The van der Waals surface area contributed by atoms with Gasteiger partial charge in [0.1, 0.15) is 11.6 Å². The van der Waals surface area contributed by atoms with E-state index in [1.54, 1.807) is 18.2 Å². The van der Waals surface area contributed by atoms with Crippen LogP contribution in [0.1, 0.15) is 15.9 Å². The largest absolute Gasteiger partial charge is 0.508 e. The molecule has 2 aromatic rings. The summed E-state index contributed by atoms with van der Waals surface area (Å²) in [6.07, 6.45) is 0. The van der Waals surface area contributed by atoms with Crippen LogP contribution in [0.25, 0.3) is 0 Å². The van der Waals surface area contributed by atoms with E-state index in [4.69, 9.17) is 5.73 Å². The zero-order valence-electron chi connectivity index (χ0n) is 11.1. The van der Waals surface area contributed by atoms with Crippen molar-refractivity contribution in [2.75, 3.05) is 11.9 Å². The summed E-state index contributed by atoms with van der Waals surface area (Å²) in [5.41, 5.74) is 6.03. The van der Waals surface area contributed by atoms with E-state index in [-0.39, 0.29) is 23.4 Å². The van der Waals surface area contributed by atoms with Crippen LogP contribution in [0.5, 0.6) is 5.75 Å². The molecule has 4 N–H and O–H groups in total. The van der Waals surface area contributed by atoms with Crippen LogP contribution in [-0.2, 0) is 0 Å². The Kier molecular flexibility index (Phi) is 4.54. The van der Waals surface area contributed by atoms with Crippen molar-refractivity contribution in [1.29, 1.82) is 0 Å². The fourth-order valence-electron chi connectivity index (χ4n) is 1.69. The van der Waals surface area contributed by atoms with Crippen molar-refractivity contribution >= 4 is 11.6 Å². The Morgan fingerprint density at radius 3 is 2.76 bits per heavy atom. The normalized spacial score (nSPS) is 9.62. The minimum absolute atomic E-state index is 0.0127. The zero-order valence-corrected chi connectivity index (χ0v) is 11.1. The lowest BCUT2D eigenvalue weighted by atomic mass is 10.1. The SMILES string of the molecule is NCC#Cc1ccc(NC(=O)c2cccc(O)c2)cc1F. The number of halogens is 1. The first-order valence-electron chi connectivity index (χ1n) is 6.19. The third-order valence-electron chi connectivity index (χ3n) is 2.66. The summed E-state index contributed by atoms with van der Waals surface area (Å²) in [6, 6.07) is 10.1. The number of aromatic hydroxyl groups is 1. The maximum absolute atomic E-state index is 13.8. The second kappa shape index (κ2) is 6.55. The molecule has 0 spiro atoms. The highest BCUT2D eigenvalue weighted by molar-refractivity contribution is 6.04. The number of nitrogens with two attached hydrogens (primary N) is 1. The molecule has 0 fully saturated rings. The van der Waals surface area contributed by atoms with Gasteiger partial charge in [-0.3, -0.25) is 4.79 Å². The number of benzene rings is 2. The van der Waals surface area contributed by atoms with Gasteiger partial charge in [-0.05, 0) is 36.4 Å². The molecular formula is C16H13FN2O2. The summed E-state index contributed by atoms with van der Waals surface area (Å²) in [4.78, 5) is 11.9. The van der Waals surface area contributed by atoms with E-state index in [1.807, 2.05) is 0 Å². The Morgan fingerprint density at radius 2 is 2.10 bits per heavy atom. The number of amides is 1. The van der Waals surface area contributed by atoms with Crippen molar-refractivity contribution in [2.45, 2.75) is 0 Å². The van der Waals surface area contributed by atoms with Crippen LogP contribution in [0.15, 0.2) is 42.5 Å². The third kappa shape index (κ3) is 3.81. The predicted molar refractivity (Wildman–Crippen MR) is 78.4 cm³/mol. The van der Waals surface area contributed by atoms with Crippen molar-refractivity contribution in [3.05, 3.63) is 59.4 Å². The summed E-state index contributed by atoms with van der Waals surface area (Å²) in [5.74, 6) is 4.17. The van der Waals surface area contributed by atoms with E-state index in [2.05, 4.69) is 17.2 Å². The summed E-state index contributed by atoms with van der Waals surface area (Å²) >= 11 is 0. The summed E-state index contributed by atoms with van der Waals surface area (Å²) in [5, 5.41) is 11.9.